The molecule has 1 aliphatic rings. The molecule has 2 heteroatoms. The molecule has 1 saturated carbocycles. The van der Waals surface area contributed by atoms with Crippen molar-refractivity contribution in [2.75, 3.05) is 20.6 Å². The monoisotopic (exact) mass is 233 g/mol. The van der Waals surface area contributed by atoms with Gasteiger partial charge in [-0.3, -0.25) is 0 Å². The highest BCUT2D eigenvalue weighted by Crippen LogP contribution is 2.46. The van der Waals surface area contributed by atoms with Gasteiger partial charge >= 0.3 is 0 Å². The van der Waals surface area contributed by atoms with Crippen molar-refractivity contribution in [1.82, 2.24) is 4.90 Å². The Labute approximate surface area is 104 Å². The van der Waals surface area contributed by atoms with Gasteiger partial charge in [0.15, 0.2) is 0 Å². The SMILES string of the molecule is Cc1ccc(C(O)(CN(C)C)C2CC2)c(C)c1. The Balaban J connectivity index is 2.38. The van der Waals surface area contributed by atoms with E-state index in [0.717, 1.165) is 18.4 Å². The van der Waals surface area contributed by atoms with Crippen LogP contribution in [-0.2, 0) is 5.60 Å². The molecular weight excluding hydrogens is 210 g/mol. The number of nitrogens with zero attached hydrogens (tertiary/aromatic N) is 1. The molecule has 1 N–H and O–H groups in total. The van der Waals surface area contributed by atoms with Gasteiger partial charge in [0.1, 0.15) is 5.60 Å². The van der Waals surface area contributed by atoms with E-state index < -0.39 is 5.60 Å². The van der Waals surface area contributed by atoms with Crippen LogP contribution in [0, 0.1) is 19.8 Å². The van der Waals surface area contributed by atoms with E-state index in [1.54, 1.807) is 0 Å². The fourth-order valence-electron chi connectivity index (χ4n) is 2.78. The Morgan fingerprint density at radius 2 is 1.94 bits per heavy atom. The van der Waals surface area contributed by atoms with E-state index >= 15 is 0 Å². The third kappa shape index (κ3) is 2.53. The van der Waals surface area contributed by atoms with Crippen molar-refractivity contribution in [1.29, 1.82) is 0 Å². The summed E-state index contributed by atoms with van der Waals surface area (Å²) in [4.78, 5) is 2.08. The van der Waals surface area contributed by atoms with Crippen molar-refractivity contribution >= 4 is 0 Å². The minimum Gasteiger partial charge on any atom is -0.384 e. The van der Waals surface area contributed by atoms with Crippen molar-refractivity contribution in [2.45, 2.75) is 32.3 Å². The Hall–Kier alpha value is -0.860. The summed E-state index contributed by atoms with van der Waals surface area (Å²) < 4.78 is 0. The van der Waals surface area contributed by atoms with Crippen LogP contribution in [0.5, 0.6) is 0 Å². The molecular formula is C15H23NO. The maximum atomic E-state index is 11.0. The highest BCUT2D eigenvalue weighted by Gasteiger charge is 2.45. The second kappa shape index (κ2) is 4.43. The molecule has 2 nitrogen and oxygen atoms in total. The maximum Gasteiger partial charge on any atom is 0.105 e. The molecule has 17 heavy (non-hydrogen) atoms. The summed E-state index contributed by atoms with van der Waals surface area (Å²) in [6.45, 7) is 4.91. The Kier molecular flexibility index (Phi) is 3.28. The van der Waals surface area contributed by atoms with Gasteiger partial charge in [-0.15, -0.1) is 0 Å². The molecule has 1 aromatic rings. The largest absolute Gasteiger partial charge is 0.384 e. The minimum atomic E-state index is -0.665. The van der Waals surface area contributed by atoms with Crippen LogP contribution in [0.3, 0.4) is 0 Å². The average Bonchev–Trinajstić information content (AvgIpc) is 2.98. The van der Waals surface area contributed by atoms with E-state index in [1.807, 2.05) is 14.1 Å². The Morgan fingerprint density at radius 1 is 1.29 bits per heavy atom. The summed E-state index contributed by atoms with van der Waals surface area (Å²) in [7, 11) is 4.05. The molecule has 0 aromatic heterocycles. The van der Waals surface area contributed by atoms with Gasteiger partial charge in [0.25, 0.3) is 0 Å². The van der Waals surface area contributed by atoms with E-state index in [1.165, 1.54) is 11.1 Å². The zero-order chi connectivity index (χ0) is 12.6. The van der Waals surface area contributed by atoms with Gasteiger partial charge in [-0.1, -0.05) is 23.8 Å². The van der Waals surface area contributed by atoms with Crippen LogP contribution in [0.2, 0.25) is 0 Å². The Morgan fingerprint density at radius 3 is 2.41 bits per heavy atom. The van der Waals surface area contributed by atoms with Crippen molar-refractivity contribution in [2.24, 2.45) is 5.92 Å². The molecule has 1 aromatic carbocycles. The van der Waals surface area contributed by atoms with Crippen LogP contribution in [0.25, 0.3) is 0 Å². The molecule has 0 spiro atoms. The van der Waals surface area contributed by atoms with E-state index in [2.05, 4.69) is 36.9 Å². The molecule has 0 saturated heterocycles. The number of benzene rings is 1. The molecule has 0 radical (unpaired) electrons. The smallest absolute Gasteiger partial charge is 0.105 e. The molecule has 1 atom stereocenters. The second-order valence-electron chi connectivity index (χ2n) is 5.75. The third-order valence-corrected chi connectivity index (χ3v) is 3.66. The first-order valence-corrected chi connectivity index (χ1v) is 6.38. The van der Waals surface area contributed by atoms with Crippen LogP contribution in [0.1, 0.15) is 29.5 Å². The number of hydrogen-bond acceptors (Lipinski definition) is 2. The summed E-state index contributed by atoms with van der Waals surface area (Å²) in [6.07, 6.45) is 2.30. The van der Waals surface area contributed by atoms with E-state index in [0.29, 0.717) is 12.5 Å². The van der Waals surface area contributed by atoms with Gasteiger partial charge in [-0.2, -0.15) is 0 Å². The fourth-order valence-corrected chi connectivity index (χ4v) is 2.78. The van der Waals surface area contributed by atoms with Crippen LogP contribution in [-0.4, -0.2) is 30.6 Å². The number of aryl methyl sites for hydroxylation is 2. The fraction of sp³-hybridized carbons (Fsp3) is 0.600. The molecule has 0 aliphatic heterocycles. The summed E-state index contributed by atoms with van der Waals surface area (Å²) in [5.41, 5.74) is 2.91. The van der Waals surface area contributed by atoms with E-state index in [4.69, 9.17) is 0 Å². The molecule has 0 heterocycles. The van der Waals surface area contributed by atoms with Gasteiger partial charge in [0.05, 0.1) is 0 Å². The van der Waals surface area contributed by atoms with Crippen LogP contribution in [0.4, 0.5) is 0 Å². The quantitative estimate of drug-likeness (QED) is 0.863. The van der Waals surface area contributed by atoms with Gasteiger partial charge in [-0.05, 0) is 57.8 Å². The molecule has 0 bridgehead atoms. The third-order valence-electron chi connectivity index (χ3n) is 3.66. The lowest BCUT2D eigenvalue weighted by Crippen LogP contribution is -2.40. The molecule has 1 aliphatic carbocycles. The van der Waals surface area contributed by atoms with Crippen LogP contribution in [0.15, 0.2) is 18.2 Å². The van der Waals surface area contributed by atoms with Gasteiger partial charge < -0.3 is 10.0 Å². The molecule has 1 unspecified atom stereocenters. The first-order chi connectivity index (χ1) is 7.93. The van der Waals surface area contributed by atoms with E-state index in [-0.39, 0.29) is 0 Å². The molecule has 0 amide bonds. The zero-order valence-electron chi connectivity index (χ0n) is 11.3. The lowest BCUT2D eigenvalue weighted by molar-refractivity contribution is -0.0105. The number of aliphatic hydroxyl groups is 1. The Bertz CT molecular complexity index is 409. The van der Waals surface area contributed by atoms with Crippen molar-refractivity contribution < 1.29 is 5.11 Å². The van der Waals surface area contributed by atoms with Crippen molar-refractivity contribution in [3.8, 4) is 0 Å². The molecule has 94 valence electrons. The molecule has 1 fully saturated rings. The minimum absolute atomic E-state index is 0.436. The summed E-state index contributed by atoms with van der Waals surface area (Å²) in [6, 6.07) is 6.37. The predicted octanol–water partition coefficient (Wildman–Crippen LogP) is 2.46. The first kappa shape index (κ1) is 12.6. The number of likely N-dealkylation sites (N-methyl/N-ethyl adjacent to an activating group) is 1. The van der Waals surface area contributed by atoms with Gasteiger partial charge in [0, 0.05) is 6.54 Å². The average molecular weight is 233 g/mol. The highest BCUT2D eigenvalue weighted by molar-refractivity contribution is 5.36. The normalized spacial score (nSPS) is 19.4. The summed E-state index contributed by atoms with van der Waals surface area (Å²) in [5, 5.41) is 11.0. The highest BCUT2D eigenvalue weighted by atomic mass is 16.3. The lowest BCUT2D eigenvalue weighted by atomic mass is 9.85. The number of rotatable bonds is 4. The van der Waals surface area contributed by atoms with Crippen molar-refractivity contribution in [3.05, 3.63) is 34.9 Å². The topological polar surface area (TPSA) is 23.5 Å². The van der Waals surface area contributed by atoms with Crippen molar-refractivity contribution in [3.63, 3.8) is 0 Å². The van der Waals surface area contributed by atoms with E-state index in [9.17, 15) is 5.11 Å². The summed E-state index contributed by atoms with van der Waals surface area (Å²) in [5.74, 6) is 0.436. The first-order valence-electron chi connectivity index (χ1n) is 6.38. The summed E-state index contributed by atoms with van der Waals surface area (Å²) >= 11 is 0. The van der Waals surface area contributed by atoms with Gasteiger partial charge in [0.2, 0.25) is 0 Å². The lowest BCUT2D eigenvalue weighted by Gasteiger charge is -2.33. The second-order valence-corrected chi connectivity index (χ2v) is 5.75. The predicted molar refractivity (Wildman–Crippen MR) is 71.1 cm³/mol. The standard InChI is InChI=1S/C15H23NO/c1-11-5-8-14(12(2)9-11)15(17,10-16(3)4)13-6-7-13/h5,8-9,13,17H,6-7,10H2,1-4H3. The maximum absolute atomic E-state index is 11.0. The number of hydrogen-bond donors (Lipinski definition) is 1. The van der Waals surface area contributed by atoms with Gasteiger partial charge in [-0.25, -0.2) is 0 Å². The zero-order valence-corrected chi connectivity index (χ0v) is 11.3. The van der Waals surface area contributed by atoms with Crippen LogP contribution >= 0.6 is 0 Å². The van der Waals surface area contributed by atoms with Crippen LogP contribution < -0.4 is 0 Å². The molecule has 2 rings (SSSR count).